The Labute approximate surface area is 204 Å². The zero-order chi connectivity index (χ0) is 24.8. The lowest BCUT2D eigenvalue weighted by molar-refractivity contribution is 0.624. The first-order valence-electron chi connectivity index (χ1n) is 11.9. The van der Waals surface area contributed by atoms with Crippen molar-refractivity contribution in [2.24, 2.45) is 0 Å². The first kappa shape index (κ1) is 28.6. The molecule has 4 nitrogen and oxygen atoms in total. The van der Waals surface area contributed by atoms with Gasteiger partial charge in [0, 0.05) is 42.1 Å². The number of nitrogens with zero attached hydrogens (tertiary/aromatic N) is 4. The first-order valence-corrected chi connectivity index (χ1v) is 12.3. The average molecular weight is 473 g/mol. The fourth-order valence-electron chi connectivity index (χ4n) is 2.64. The van der Waals surface area contributed by atoms with Gasteiger partial charge in [0.15, 0.2) is 0 Å². The van der Waals surface area contributed by atoms with Gasteiger partial charge in [0.25, 0.3) is 0 Å². The van der Waals surface area contributed by atoms with Crippen LogP contribution in [0.2, 0.25) is 5.02 Å². The van der Waals surface area contributed by atoms with E-state index in [0.29, 0.717) is 5.69 Å². The summed E-state index contributed by atoms with van der Waals surface area (Å²) in [5, 5.41) is 0.0700. The van der Waals surface area contributed by atoms with Gasteiger partial charge in [0.2, 0.25) is 0 Å². The molecule has 0 unspecified atom stereocenters. The Bertz CT molecular complexity index is 868. The molecule has 6 heteroatoms. The lowest BCUT2D eigenvalue weighted by Gasteiger charge is -1.95. The van der Waals surface area contributed by atoms with Crippen molar-refractivity contribution in [2.45, 2.75) is 86.0 Å². The third-order valence-electron chi connectivity index (χ3n) is 4.72. The van der Waals surface area contributed by atoms with Crippen LogP contribution < -0.4 is 0 Å². The third-order valence-corrected chi connectivity index (χ3v) is 5.00. The van der Waals surface area contributed by atoms with Gasteiger partial charge < -0.3 is 0 Å². The quantitative estimate of drug-likeness (QED) is 0.377. The van der Waals surface area contributed by atoms with E-state index in [9.17, 15) is 4.39 Å². The maximum Gasteiger partial charge on any atom is 0.145 e. The van der Waals surface area contributed by atoms with E-state index < -0.39 is 5.82 Å². The van der Waals surface area contributed by atoms with Crippen molar-refractivity contribution in [3.05, 3.63) is 82.2 Å². The van der Waals surface area contributed by atoms with Crippen molar-refractivity contribution in [2.75, 3.05) is 0 Å². The van der Waals surface area contributed by atoms with Crippen molar-refractivity contribution in [3.8, 4) is 0 Å². The number of aromatic nitrogens is 4. The van der Waals surface area contributed by atoms with Gasteiger partial charge in [-0.15, -0.1) is 0 Å². The Morgan fingerprint density at radius 2 is 1.27 bits per heavy atom. The van der Waals surface area contributed by atoms with E-state index in [0.717, 1.165) is 23.2 Å². The summed E-state index contributed by atoms with van der Waals surface area (Å²) in [5.41, 5.74) is 5.35. The molecule has 0 N–H and O–H groups in total. The maximum absolute atomic E-state index is 12.4. The molecule has 0 amide bonds. The van der Waals surface area contributed by atoms with Gasteiger partial charge in [-0.25, -0.2) is 4.39 Å². The molecule has 0 radical (unpaired) electrons. The molecule has 2 aliphatic rings. The van der Waals surface area contributed by atoms with Crippen molar-refractivity contribution >= 4 is 11.6 Å². The third kappa shape index (κ3) is 11.3. The van der Waals surface area contributed by atoms with Gasteiger partial charge in [-0.05, 0) is 70.1 Å². The zero-order valence-corrected chi connectivity index (χ0v) is 21.8. The van der Waals surface area contributed by atoms with Crippen LogP contribution >= 0.6 is 11.6 Å². The molecule has 5 rings (SSSR count). The first-order chi connectivity index (χ1) is 15.9. The van der Waals surface area contributed by atoms with Gasteiger partial charge in [0.05, 0.1) is 16.4 Å². The molecule has 0 saturated heterocycles. The van der Waals surface area contributed by atoms with E-state index in [2.05, 4.69) is 32.1 Å². The SMILES string of the molecule is CC.CC.Cc1cc(F)c(Cl)cn1.Cc1ccc(C2CC2)cn1.Cc1cnc(C2CC2)cn1. The molecule has 0 aliphatic heterocycles. The number of pyridine rings is 2. The van der Waals surface area contributed by atoms with Gasteiger partial charge >= 0.3 is 0 Å². The fourth-order valence-corrected chi connectivity index (χ4v) is 2.74. The lowest BCUT2D eigenvalue weighted by atomic mass is 10.2. The molecule has 3 heterocycles. The highest BCUT2D eigenvalue weighted by atomic mass is 35.5. The molecule has 0 aromatic carbocycles. The van der Waals surface area contributed by atoms with Crippen molar-refractivity contribution in [1.29, 1.82) is 0 Å². The van der Waals surface area contributed by atoms with Crippen molar-refractivity contribution in [1.82, 2.24) is 19.9 Å². The summed E-state index contributed by atoms with van der Waals surface area (Å²) in [7, 11) is 0. The monoisotopic (exact) mass is 472 g/mol. The van der Waals surface area contributed by atoms with E-state index in [4.69, 9.17) is 11.6 Å². The number of hydrogen-bond donors (Lipinski definition) is 0. The van der Waals surface area contributed by atoms with Gasteiger partial charge in [-0.1, -0.05) is 45.4 Å². The van der Waals surface area contributed by atoms with Crippen LogP contribution in [0.15, 0.2) is 43.0 Å². The van der Waals surface area contributed by atoms with Crippen molar-refractivity contribution < 1.29 is 4.39 Å². The van der Waals surface area contributed by atoms with Crippen LogP contribution in [-0.2, 0) is 0 Å². The van der Waals surface area contributed by atoms with Crippen LogP contribution in [-0.4, -0.2) is 19.9 Å². The van der Waals surface area contributed by atoms with Gasteiger partial charge in [0.1, 0.15) is 5.82 Å². The van der Waals surface area contributed by atoms with Crippen molar-refractivity contribution in [3.63, 3.8) is 0 Å². The molecule has 0 spiro atoms. The standard InChI is InChI=1S/C9H11N.C8H10N2.C6H5ClFN.2C2H6/c1-7-2-3-9(6-10-7)8-4-5-8;1-6-4-10-8(5-9-6)7-2-3-7;1-4-2-6(8)5(7)3-9-4;2*1-2/h2-3,6,8H,4-5H2,1H3;4-5,7H,2-3H2,1H3;2-3H,1H3;2*1-2H3. The molecule has 0 atom stereocenters. The zero-order valence-electron chi connectivity index (χ0n) is 21.1. The fraction of sp³-hybridized carbons (Fsp3) is 0.481. The smallest absolute Gasteiger partial charge is 0.145 e. The minimum Gasteiger partial charge on any atom is -0.261 e. The number of rotatable bonds is 2. The van der Waals surface area contributed by atoms with Crippen LogP contribution in [0, 0.1) is 26.6 Å². The number of aryl methyl sites for hydroxylation is 3. The van der Waals surface area contributed by atoms with Crippen LogP contribution in [0.1, 0.15) is 93.6 Å². The predicted octanol–water partition coefficient (Wildman–Crippen LogP) is 8.16. The lowest BCUT2D eigenvalue weighted by Crippen LogP contribution is -1.89. The van der Waals surface area contributed by atoms with E-state index >= 15 is 0 Å². The van der Waals surface area contributed by atoms with Gasteiger partial charge in [-0.2, -0.15) is 0 Å². The molecule has 3 aromatic heterocycles. The van der Waals surface area contributed by atoms with Crippen LogP contribution in [0.4, 0.5) is 4.39 Å². The topological polar surface area (TPSA) is 51.6 Å². The van der Waals surface area contributed by atoms with Crippen LogP contribution in [0.5, 0.6) is 0 Å². The molecule has 180 valence electrons. The Morgan fingerprint density at radius 1 is 0.697 bits per heavy atom. The molecular formula is C27H38ClFN4. The van der Waals surface area contributed by atoms with E-state index in [-0.39, 0.29) is 5.02 Å². The minimum absolute atomic E-state index is 0.0700. The molecule has 2 saturated carbocycles. The summed E-state index contributed by atoms with van der Waals surface area (Å²) < 4.78 is 12.4. The van der Waals surface area contributed by atoms with E-state index in [1.807, 2.05) is 60.1 Å². The highest BCUT2D eigenvalue weighted by molar-refractivity contribution is 6.30. The minimum atomic E-state index is -0.413. The second-order valence-corrected chi connectivity index (χ2v) is 8.01. The summed E-state index contributed by atoms with van der Waals surface area (Å²) in [6, 6.07) is 5.58. The largest absolute Gasteiger partial charge is 0.261 e. The normalized spacial score (nSPS) is 13.5. The Kier molecular flexibility index (Phi) is 13.4. The highest BCUT2D eigenvalue weighted by Crippen LogP contribution is 2.39. The summed E-state index contributed by atoms with van der Waals surface area (Å²) in [5.74, 6) is 1.16. The van der Waals surface area contributed by atoms with E-state index in [1.165, 1.54) is 49.2 Å². The summed E-state index contributed by atoms with van der Waals surface area (Å²) in [4.78, 5) is 16.5. The number of halogens is 2. The predicted molar refractivity (Wildman–Crippen MR) is 136 cm³/mol. The van der Waals surface area contributed by atoms with Crippen LogP contribution in [0.3, 0.4) is 0 Å². The summed E-state index contributed by atoms with van der Waals surface area (Å²) >= 11 is 5.34. The average Bonchev–Trinajstić information content (AvgIpc) is 3.74. The second kappa shape index (κ2) is 15.4. The molecule has 3 aromatic rings. The van der Waals surface area contributed by atoms with Crippen LogP contribution in [0.25, 0.3) is 0 Å². The summed E-state index contributed by atoms with van der Waals surface area (Å²) in [6.45, 7) is 13.7. The molecule has 33 heavy (non-hydrogen) atoms. The number of hydrogen-bond acceptors (Lipinski definition) is 4. The summed E-state index contributed by atoms with van der Waals surface area (Å²) in [6.07, 6.45) is 12.4. The second-order valence-electron chi connectivity index (χ2n) is 7.60. The highest BCUT2D eigenvalue weighted by Gasteiger charge is 2.24. The van der Waals surface area contributed by atoms with E-state index in [1.54, 1.807) is 6.92 Å². The Hall–Kier alpha value is -2.40. The van der Waals surface area contributed by atoms with Gasteiger partial charge in [-0.3, -0.25) is 19.9 Å². The maximum atomic E-state index is 12.4. The Morgan fingerprint density at radius 3 is 1.70 bits per heavy atom. The molecule has 0 bridgehead atoms. The molecule has 2 aliphatic carbocycles. The Balaban J connectivity index is 0.000000230. The molecular weight excluding hydrogens is 435 g/mol. The molecule has 2 fully saturated rings.